The summed E-state index contributed by atoms with van der Waals surface area (Å²) in [6.07, 6.45) is 0. The Labute approximate surface area is 124 Å². The molecule has 0 spiro atoms. The van der Waals surface area contributed by atoms with Crippen LogP contribution in [0.1, 0.15) is 9.67 Å². The van der Waals surface area contributed by atoms with Crippen LogP contribution >= 0.6 is 38.6 Å². The first-order valence-corrected chi connectivity index (χ1v) is 7.48. The minimum atomic E-state index is -1.16. The van der Waals surface area contributed by atoms with Crippen molar-refractivity contribution in [2.45, 2.75) is 0 Å². The Balaban J connectivity index is 2.45. The van der Waals surface area contributed by atoms with Gasteiger partial charge in [-0.1, -0.05) is 0 Å². The van der Waals surface area contributed by atoms with Crippen molar-refractivity contribution < 1.29 is 24.5 Å². The summed E-state index contributed by atoms with van der Waals surface area (Å²) in [6, 6.07) is 1.86. The number of rotatable bonds is 5. The molecule has 0 saturated heterocycles. The molecule has 2 rings (SSSR count). The standard InChI is InChI=1S/C11H7BrO5S2/c12-7-8(17-3-6(13)14)10(11(15)16)19-9(7)5-1-2-18-4-5/h1-2,4H,3H2,(H,13,14)(H,15,16). The molecule has 2 aromatic rings. The maximum Gasteiger partial charge on any atom is 0.349 e. The molecule has 5 nitrogen and oxygen atoms in total. The van der Waals surface area contributed by atoms with Crippen LogP contribution in [-0.4, -0.2) is 28.8 Å². The van der Waals surface area contributed by atoms with E-state index in [2.05, 4.69) is 15.9 Å². The molecule has 0 fully saturated rings. The first-order valence-electron chi connectivity index (χ1n) is 4.93. The third-order valence-corrected chi connectivity index (χ3v) is 5.04. The first kappa shape index (κ1) is 14.0. The maximum absolute atomic E-state index is 11.2. The molecule has 2 N–H and O–H groups in total. The summed E-state index contributed by atoms with van der Waals surface area (Å²) in [5, 5.41) is 21.5. The van der Waals surface area contributed by atoms with Gasteiger partial charge in [0.15, 0.2) is 17.2 Å². The van der Waals surface area contributed by atoms with Crippen molar-refractivity contribution in [1.29, 1.82) is 0 Å². The van der Waals surface area contributed by atoms with Crippen LogP contribution in [0, 0.1) is 0 Å². The summed E-state index contributed by atoms with van der Waals surface area (Å²) in [6.45, 7) is -0.585. The predicted molar refractivity (Wildman–Crippen MR) is 75.4 cm³/mol. The van der Waals surface area contributed by atoms with Gasteiger partial charge in [0.05, 0.1) is 9.35 Å². The molecule has 2 aromatic heterocycles. The zero-order valence-corrected chi connectivity index (χ0v) is 12.5. The van der Waals surface area contributed by atoms with E-state index in [1.807, 2.05) is 16.8 Å². The van der Waals surface area contributed by atoms with E-state index in [0.717, 1.165) is 16.9 Å². The number of carbonyl (C=O) groups is 2. The Morgan fingerprint density at radius 1 is 1.37 bits per heavy atom. The SMILES string of the molecule is O=C(O)COc1c(C(=O)O)sc(-c2ccsc2)c1Br. The number of hydrogen-bond acceptors (Lipinski definition) is 5. The number of halogens is 1. The van der Waals surface area contributed by atoms with Gasteiger partial charge in [0, 0.05) is 5.56 Å². The van der Waals surface area contributed by atoms with Gasteiger partial charge in [-0.05, 0) is 32.8 Å². The van der Waals surface area contributed by atoms with Gasteiger partial charge in [-0.25, -0.2) is 9.59 Å². The van der Waals surface area contributed by atoms with Gasteiger partial charge in [-0.3, -0.25) is 0 Å². The number of aromatic carboxylic acids is 1. The van der Waals surface area contributed by atoms with Crippen molar-refractivity contribution in [3.63, 3.8) is 0 Å². The van der Waals surface area contributed by atoms with E-state index in [1.165, 1.54) is 11.3 Å². The lowest BCUT2D eigenvalue weighted by Crippen LogP contribution is -2.11. The lowest BCUT2D eigenvalue weighted by atomic mass is 10.3. The zero-order chi connectivity index (χ0) is 14.0. The fourth-order valence-electron chi connectivity index (χ4n) is 1.38. The summed E-state index contributed by atoms with van der Waals surface area (Å²) in [4.78, 5) is 22.4. The molecule has 0 aliphatic carbocycles. The Kier molecular flexibility index (Phi) is 4.23. The topological polar surface area (TPSA) is 83.8 Å². The lowest BCUT2D eigenvalue weighted by molar-refractivity contribution is -0.139. The predicted octanol–water partition coefficient (Wildman–Crippen LogP) is 3.40. The van der Waals surface area contributed by atoms with E-state index in [1.54, 1.807) is 0 Å². The monoisotopic (exact) mass is 362 g/mol. The van der Waals surface area contributed by atoms with Crippen LogP contribution in [0.15, 0.2) is 21.3 Å². The number of carboxylic acids is 2. The average molecular weight is 363 g/mol. The van der Waals surface area contributed by atoms with Crippen LogP contribution in [0.3, 0.4) is 0 Å². The van der Waals surface area contributed by atoms with Gasteiger partial charge in [0.2, 0.25) is 0 Å². The van der Waals surface area contributed by atoms with Crippen LogP contribution < -0.4 is 4.74 Å². The second kappa shape index (κ2) is 5.72. The Morgan fingerprint density at radius 3 is 2.63 bits per heavy atom. The Morgan fingerprint density at radius 2 is 2.11 bits per heavy atom. The average Bonchev–Trinajstić information content (AvgIpc) is 2.93. The maximum atomic E-state index is 11.2. The molecule has 0 radical (unpaired) electrons. The molecule has 0 unspecified atom stereocenters. The smallest absolute Gasteiger partial charge is 0.349 e. The molecular formula is C11H7BrO5S2. The van der Waals surface area contributed by atoms with Crippen LogP contribution in [0.5, 0.6) is 5.75 Å². The fraction of sp³-hybridized carbons (Fsp3) is 0.0909. The van der Waals surface area contributed by atoms with Crippen LogP contribution in [0.25, 0.3) is 10.4 Å². The zero-order valence-electron chi connectivity index (χ0n) is 9.25. The van der Waals surface area contributed by atoms with Crippen molar-refractivity contribution in [3.8, 4) is 16.2 Å². The fourth-order valence-corrected chi connectivity index (χ4v) is 3.99. The third kappa shape index (κ3) is 2.96. The van der Waals surface area contributed by atoms with E-state index in [0.29, 0.717) is 9.35 Å². The number of aliphatic carboxylic acids is 1. The molecule has 8 heteroatoms. The molecule has 2 heterocycles. The first-order chi connectivity index (χ1) is 9.00. The highest BCUT2D eigenvalue weighted by atomic mass is 79.9. The largest absolute Gasteiger partial charge is 0.479 e. The van der Waals surface area contributed by atoms with Gasteiger partial charge < -0.3 is 14.9 Å². The Hall–Kier alpha value is -1.38. The minimum Gasteiger partial charge on any atom is -0.479 e. The number of thiophene rings is 2. The van der Waals surface area contributed by atoms with Gasteiger partial charge >= 0.3 is 11.9 Å². The van der Waals surface area contributed by atoms with Crippen LogP contribution in [-0.2, 0) is 4.79 Å². The summed E-state index contributed by atoms with van der Waals surface area (Å²) >= 11 is 5.81. The highest BCUT2D eigenvalue weighted by Gasteiger charge is 2.24. The molecule has 0 amide bonds. The number of ether oxygens (including phenoxy) is 1. The number of carboxylic acid groups (broad SMARTS) is 2. The quantitative estimate of drug-likeness (QED) is 0.851. The molecular weight excluding hydrogens is 356 g/mol. The highest BCUT2D eigenvalue weighted by molar-refractivity contribution is 9.10. The van der Waals surface area contributed by atoms with Crippen molar-refractivity contribution in [2.75, 3.05) is 6.61 Å². The summed E-state index contributed by atoms with van der Waals surface area (Å²) in [5.74, 6) is -2.25. The second-order valence-corrected chi connectivity index (χ2v) is 6.00. The van der Waals surface area contributed by atoms with E-state index >= 15 is 0 Å². The van der Waals surface area contributed by atoms with Crippen molar-refractivity contribution in [2.24, 2.45) is 0 Å². The Bertz CT molecular complexity index is 617. The highest BCUT2D eigenvalue weighted by Crippen LogP contribution is 2.46. The summed E-state index contributed by atoms with van der Waals surface area (Å²) < 4.78 is 5.52. The summed E-state index contributed by atoms with van der Waals surface area (Å²) in [7, 11) is 0. The van der Waals surface area contributed by atoms with E-state index in [4.69, 9.17) is 14.9 Å². The van der Waals surface area contributed by atoms with Crippen molar-refractivity contribution in [1.82, 2.24) is 0 Å². The molecule has 0 aliphatic rings. The van der Waals surface area contributed by atoms with Crippen LogP contribution in [0.2, 0.25) is 0 Å². The summed E-state index contributed by atoms with van der Waals surface area (Å²) in [5.41, 5.74) is 0.870. The molecule has 0 aromatic carbocycles. The minimum absolute atomic E-state index is 0.0191. The molecule has 100 valence electrons. The van der Waals surface area contributed by atoms with E-state index in [9.17, 15) is 9.59 Å². The van der Waals surface area contributed by atoms with Gasteiger partial charge in [0.1, 0.15) is 0 Å². The van der Waals surface area contributed by atoms with Crippen molar-refractivity contribution in [3.05, 3.63) is 26.2 Å². The van der Waals surface area contributed by atoms with Gasteiger partial charge in [0.25, 0.3) is 0 Å². The lowest BCUT2D eigenvalue weighted by Gasteiger charge is -2.03. The normalized spacial score (nSPS) is 10.4. The van der Waals surface area contributed by atoms with E-state index in [-0.39, 0.29) is 10.6 Å². The number of hydrogen-bond donors (Lipinski definition) is 2. The van der Waals surface area contributed by atoms with Gasteiger partial charge in [-0.15, -0.1) is 11.3 Å². The molecule has 19 heavy (non-hydrogen) atoms. The molecule has 0 saturated carbocycles. The molecule has 0 bridgehead atoms. The molecule has 0 aliphatic heterocycles. The van der Waals surface area contributed by atoms with E-state index < -0.39 is 18.5 Å². The van der Waals surface area contributed by atoms with Gasteiger partial charge in [-0.2, -0.15) is 11.3 Å². The van der Waals surface area contributed by atoms with Crippen molar-refractivity contribution >= 4 is 50.5 Å². The second-order valence-electron chi connectivity index (χ2n) is 3.40. The van der Waals surface area contributed by atoms with Crippen LogP contribution in [0.4, 0.5) is 0 Å². The third-order valence-electron chi connectivity index (χ3n) is 2.13. The molecule has 0 atom stereocenters.